The van der Waals surface area contributed by atoms with Crippen LogP contribution in [0.15, 0.2) is 54.6 Å². The van der Waals surface area contributed by atoms with E-state index in [9.17, 15) is 44.0 Å². The second-order valence-corrected chi connectivity index (χ2v) is 9.54. The van der Waals surface area contributed by atoms with Crippen LogP contribution in [0.5, 0.6) is 28.7 Å². The Morgan fingerprint density at radius 3 is 1.53 bits per heavy atom. The fraction of sp³-hybridized carbons (Fsp3) is 0.226. The fourth-order valence-electron chi connectivity index (χ4n) is 4.04. The zero-order valence-corrected chi connectivity index (χ0v) is 26.4. The average Bonchev–Trinajstić information content (AvgIpc) is 3.05. The van der Waals surface area contributed by atoms with Gasteiger partial charge in [0.15, 0.2) is 23.0 Å². The van der Waals surface area contributed by atoms with Crippen molar-refractivity contribution in [2.45, 2.75) is 26.1 Å². The lowest BCUT2D eigenvalue weighted by Gasteiger charge is -2.24. The van der Waals surface area contributed by atoms with Gasteiger partial charge in [-0.1, -0.05) is 0 Å². The van der Waals surface area contributed by atoms with Crippen molar-refractivity contribution >= 4 is 47.1 Å². The number of hydrogen-bond acceptors (Lipinski definition) is 15. The first-order valence-electron chi connectivity index (χ1n) is 13.7. The van der Waals surface area contributed by atoms with Crippen LogP contribution in [-0.2, 0) is 28.7 Å². The number of hydrogen-bond donors (Lipinski definition) is 2. The summed E-state index contributed by atoms with van der Waals surface area (Å²) in [5, 5.41) is 23.7. The predicted octanol–water partition coefficient (Wildman–Crippen LogP) is 2.95. The van der Waals surface area contributed by atoms with Gasteiger partial charge in [0.2, 0.25) is 12.2 Å². The third-order valence-electron chi connectivity index (χ3n) is 6.20. The second kappa shape index (κ2) is 16.2. The van der Waals surface area contributed by atoms with E-state index >= 15 is 0 Å². The van der Waals surface area contributed by atoms with E-state index in [4.69, 9.17) is 33.2 Å². The lowest BCUT2D eigenvalue weighted by atomic mass is 10.1. The standard InChI is InChI=1S/C31H28N2O16/c1-15(34)46-22-9-6-17(12-24(22)44-4)30(39)48-26(28(36)32-20-14-19(33(41)42)8-11-21(20)43-3)27(29(37)38)49-31(40)18-7-10-23(47-16(2)35)25(13-18)45-5/h6-14,26-27H,1-5H3,(H,32,36)(H,37,38)/t26-,27-/m0/s1. The summed E-state index contributed by atoms with van der Waals surface area (Å²) in [4.78, 5) is 85.9. The third kappa shape index (κ3) is 9.41. The number of carbonyl (C=O) groups is 6. The molecule has 0 spiro atoms. The minimum atomic E-state index is -2.53. The van der Waals surface area contributed by atoms with Gasteiger partial charge in [-0.25, -0.2) is 14.4 Å². The highest BCUT2D eigenvalue weighted by Crippen LogP contribution is 2.32. The molecule has 49 heavy (non-hydrogen) atoms. The van der Waals surface area contributed by atoms with Gasteiger partial charge in [0.1, 0.15) is 5.75 Å². The first-order chi connectivity index (χ1) is 23.2. The number of nitrogens with one attached hydrogen (secondary N) is 1. The lowest BCUT2D eigenvalue weighted by molar-refractivity contribution is -0.384. The Morgan fingerprint density at radius 2 is 1.12 bits per heavy atom. The molecule has 0 heterocycles. The summed E-state index contributed by atoms with van der Waals surface area (Å²) in [6, 6.07) is 9.79. The van der Waals surface area contributed by atoms with Gasteiger partial charge in [-0.15, -0.1) is 0 Å². The Hall–Kier alpha value is -6.72. The number of carbonyl (C=O) groups excluding carboxylic acids is 5. The molecule has 1 amide bonds. The highest BCUT2D eigenvalue weighted by atomic mass is 16.6. The van der Waals surface area contributed by atoms with Crippen LogP contribution in [0.4, 0.5) is 11.4 Å². The number of ether oxygens (including phenoxy) is 7. The largest absolute Gasteiger partial charge is 0.495 e. The van der Waals surface area contributed by atoms with Crippen LogP contribution in [0.25, 0.3) is 0 Å². The molecule has 18 nitrogen and oxygen atoms in total. The van der Waals surface area contributed by atoms with E-state index < -0.39 is 58.6 Å². The van der Waals surface area contributed by atoms with E-state index in [1.54, 1.807) is 0 Å². The maximum atomic E-state index is 13.6. The molecule has 3 aromatic carbocycles. The van der Waals surface area contributed by atoms with Gasteiger partial charge >= 0.3 is 29.8 Å². The fourth-order valence-corrected chi connectivity index (χ4v) is 4.04. The smallest absolute Gasteiger partial charge is 0.349 e. The van der Waals surface area contributed by atoms with Gasteiger partial charge in [0.25, 0.3) is 11.6 Å². The molecule has 0 aromatic heterocycles. The summed E-state index contributed by atoms with van der Waals surface area (Å²) in [6.45, 7) is 2.25. The van der Waals surface area contributed by atoms with E-state index in [1.165, 1.54) is 27.4 Å². The van der Waals surface area contributed by atoms with Gasteiger partial charge in [0.05, 0.1) is 43.1 Å². The van der Waals surface area contributed by atoms with Gasteiger partial charge < -0.3 is 43.6 Å². The number of benzene rings is 3. The van der Waals surface area contributed by atoms with Crippen molar-refractivity contribution in [1.82, 2.24) is 0 Å². The Labute approximate surface area is 276 Å². The Morgan fingerprint density at radius 1 is 0.673 bits per heavy atom. The van der Waals surface area contributed by atoms with Crippen molar-refractivity contribution in [3.63, 3.8) is 0 Å². The SMILES string of the molecule is COc1ccc([N+](=O)[O-])cc1NC(=O)[C@@H](OC(=O)c1ccc(OC(C)=O)c(OC)c1)[C@H](OC(=O)c1ccc(OC(C)=O)c(OC)c1)C(=O)O. The van der Waals surface area contributed by atoms with Crippen molar-refractivity contribution in [1.29, 1.82) is 0 Å². The molecule has 2 atom stereocenters. The number of nitrogens with zero attached hydrogens (tertiary/aromatic N) is 1. The normalized spacial score (nSPS) is 11.5. The van der Waals surface area contributed by atoms with Crippen molar-refractivity contribution in [3.05, 3.63) is 75.8 Å². The minimum Gasteiger partial charge on any atom is -0.495 e. The van der Waals surface area contributed by atoms with Gasteiger partial charge in [-0.3, -0.25) is 24.5 Å². The summed E-state index contributed by atoms with van der Waals surface area (Å²) in [7, 11) is 3.59. The molecule has 0 radical (unpaired) electrons. The summed E-state index contributed by atoms with van der Waals surface area (Å²) in [6.07, 6.45) is -4.97. The topological polar surface area (TPSA) is 242 Å². The molecular formula is C31H28N2O16. The van der Waals surface area contributed by atoms with E-state index in [2.05, 4.69) is 5.32 Å². The number of aliphatic carboxylic acids is 1. The maximum Gasteiger partial charge on any atom is 0.349 e. The summed E-state index contributed by atoms with van der Waals surface area (Å²) in [5.41, 5.74) is -1.45. The zero-order valence-electron chi connectivity index (χ0n) is 26.4. The van der Waals surface area contributed by atoms with Crippen molar-refractivity contribution < 1.29 is 72.0 Å². The minimum absolute atomic E-state index is 0.0754. The van der Waals surface area contributed by atoms with Crippen molar-refractivity contribution in [3.8, 4) is 28.7 Å². The zero-order chi connectivity index (χ0) is 36.4. The first-order valence-corrected chi connectivity index (χ1v) is 13.7. The van der Waals surface area contributed by atoms with Crippen LogP contribution in [0, 0.1) is 10.1 Å². The third-order valence-corrected chi connectivity index (χ3v) is 6.20. The number of anilines is 1. The Kier molecular flexibility index (Phi) is 12.2. The number of nitro benzene ring substituents is 1. The number of methoxy groups -OCH3 is 3. The summed E-state index contributed by atoms with van der Waals surface area (Å²) < 4.78 is 35.8. The highest BCUT2D eigenvalue weighted by molar-refractivity contribution is 6.02. The van der Waals surface area contributed by atoms with Gasteiger partial charge in [-0.2, -0.15) is 0 Å². The average molecular weight is 685 g/mol. The molecule has 0 aliphatic heterocycles. The van der Waals surface area contributed by atoms with Gasteiger partial charge in [-0.05, 0) is 42.5 Å². The monoisotopic (exact) mass is 684 g/mol. The molecule has 2 N–H and O–H groups in total. The summed E-state index contributed by atoms with van der Waals surface area (Å²) >= 11 is 0. The van der Waals surface area contributed by atoms with Gasteiger partial charge in [0, 0.05) is 26.0 Å². The Bertz CT molecular complexity index is 1800. The van der Waals surface area contributed by atoms with E-state index in [0.29, 0.717) is 0 Å². The Balaban J connectivity index is 2.05. The van der Waals surface area contributed by atoms with Crippen LogP contribution >= 0.6 is 0 Å². The van der Waals surface area contributed by atoms with Crippen LogP contribution in [0.1, 0.15) is 34.6 Å². The summed E-state index contributed by atoms with van der Waals surface area (Å²) in [5.74, 6) is -7.89. The molecule has 0 aliphatic carbocycles. The lowest BCUT2D eigenvalue weighted by Crippen LogP contribution is -2.48. The molecule has 258 valence electrons. The number of esters is 4. The quantitative estimate of drug-likeness (QED) is 0.107. The molecule has 3 rings (SSSR count). The number of carboxylic acid groups (broad SMARTS) is 1. The molecule has 0 bridgehead atoms. The maximum absolute atomic E-state index is 13.6. The van der Waals surface area contributed by atoms with E-state index in [0.717, 1.165) is 62.4 Å². The van der Waals surface area contributed by atoms with Crippen LogP contribution in [0.3, 0.4) is 0 Å². The molecule has 18 heteroatoms. The molecule has 0 saturated carbocycles. The predicted molar refractivity (Wildman–Crippen MR) is 163 cm³/mol. The number of amides is 1. The molecule has 0 aliphatic rings. The number of non-ortho nitro benzene ring substituents is 1. The van der Waals surface area contributed by atoms with Crippen LogP contribution in [-0.4, -0.2) is 79.3 Å². The van der Waals surface area contributed by atoms with Crippen LogP contribution < -0.4 is 29.0 Å². The van der Waals surface area contributed by atoms with Crippen molar-refractivity contribution in [2.24, 2.45) is 0 Å². The molecule has 0 saturated heterocycles. The second-order valence-electron chi connectivity index (χ2n) is 9.54. The first kappa shape index (κ1) is 36.7. The van der Waals surface area contributed by atoms with Crippen molar-refractivity contribution in [2.75, 3.05) is 26.6 Å². The molecule has 0 fully saturated rings. The molecule has 3 aromatic rings. The molecular weight excluding hydrogens is 656 g/mol. The molecule has 0 unspecified atom stereocenters. The van der Waals surface area contributed by atoms with Crippen LogP contribution in [0.2, 0.25) is 0 Å². The number of nitro groups is 1. The number of rotatable bonds is 14. The van der Waals surface area contributed by atoms with E-state index in [1.807, 2.05) is 0 Å². The highest BCUT2D eigenvalue weighted by Gasteiger charge is 2.41. The number of carboxylic acids is 1. The van der Waals surface area contributed by atoms with E-state index in [-0.39, 0.29) is 45.6 Å².